The molecule has 1 N–H and O–H groups in total. The van der Waals surface area contributed by atoms with Gasteiger partial charge in [0.05, 0.1) is 6.10 Å². The van der Waals surface area contributed by atoms with Crippen LogP contribution in [-0.4, -0.2) is 11.2 Å². The molecule has 2 heteroatoms. The van der Waals surface area contributed by atoms with E-state index in [0.717, 1.165) is 5.56 Å². The Morgan fingerprint density at radius 3 is 2.46 bits per heavy atom. The molecule has 0 aromatic heterocycles. The van der Waals surface area contributed by atoms with E-state index in [9.17, 15) is 9.50 Å². The van der Waals surface area contributed by atoms with Gasteiger partial charge in [0.15, 0.2) is 0 Å². The predicted molar refractivity (Wildman–Crippen MR) is 51.2 cm³/mol. The number of aliphatic hydroxyl groups excluding tert-OH is 1. The first-order valence-corrected chi connectivity index (χ1v) is 4.46. The van der Waals surface area contributed by atoms with Crippen molar-refractivity contribution in [2.45, 2.75) is 32.8 Å². The van der Waals surface area contributed by atoms with E-state index in [0.29, 0.717) is 5.56 Å². The summed E-state index contributed by atoms with van der Waals surface area (Å²) in [7, 11) is 0. The molecule has 0 heterocycles. The normalized spacial score (nSPS) is 15.5. The van der Waals surface area contributed by atoms with Crippen molar-refractivity contribution in [3.8, 4) is 0 Å². The minimum atomic E-state index is -0.517. The molecule has 0 aliphatic rings. The Morgan fingerprint density at radius 1 is 1.31 bits per heavy atom. The van der Waals surface area contributed by atoms with Crippen LogP contribution in [0.1, 0.15) is 30.9 Å². The number of halogens is 1. The lowest BCUT2D eigenvalue weighted by Crippen LogP contribution is -2.12. The topological polar surface area (TPSA) is 20.2 Å². The van der Waals surface area contributed by atoms with E-state index in [1.165, 1.54) is 6.07 Å². The Bertz CT molecular complexity index is 294. The second kappa shape index (κ2) is 3.88. The van der Waals surface area contributed by atoms with Gasteiger partial charge in [-0.05, 0) is 25.5 Å². The molecule has 2 unspecified atom stereocenters. The number of rotatable bonds is 2. The van der Waals surface area contributed by atoms with E-state index in [2.05, 4.69) is 0 Å². The molecule has 0 spiro atoms. The van der Waals surface area contributed by atoms with Crippen molar-refractivity contribution in [2.24, 2.45) is 0 Å². The highest BCUT2D eigenvalue weighted by molar-refractivity contribution is 5.27. The average molecular weight is 182 g/mol. The molecule has 0 aliphatic heterocycles. The quantitative estimate of drug-likeness (QED) is 0.745. The molecule has 0 aliphatic carbocycles. The largest absolute Gasteiger partial charge is 0.393 e. The minimum Gasteiger partial charge on any atom is -0.393 e. The standard InChI is InChI=1S/C11H15FO/c1-7-4-5-11(12)10(6-7)8(2)9(3)13/h4-6,8-9,13H,1-3H3. The summed E-state index contributed by atoms with van der Waals surface area (Å²) in [5, 5.41) is 9.32. The number of benzene rings is 1. The number of hydrogen-bond acceptors (Lipinski definition) is 1. The van der Waals surface area contributed by atoms with Crippen LogP contribution < -0.4 is 0 Å². The third-order valence-corrected chi connectivity index (χ3v) is 2.37. The van der Waals surface area contributed by atoms with E-state index in [-0.39, 0.29) is 11.7 Å². The molecule has 1 aromatic carbocycles. The van der Waals surface area contributed by atoms with Crippen molar-refractivity contribution in [2.75, 3.05) is 0 Å². The molecule has 1 rings (SSSR count). The molecule has 0 bridgehead atoms. The Labute approximate surface area is 78.2 Å². The van der Waals surface area contributed by atoms with Crippen LogP contribution in [-0.2, 0) is 0 Å². The highest BCUT2D eigenvalue weighted by atomic mass is 19.1. The lowest BCUT2D eigenvalue weighted by molar-refractivity contribution is 0.167. The van der Waals surface area contributed by atoms with Crippen LogP contribution in [0.3, 0.4) is 0 Å². The molecular weight excluding hydrogens is 167 g/mol. The number of hydrogen-bond donors (Lipinski definition) is 1. The Hall–Kier alpha value is -0.890. The van der Waals surface area contributed by atoms with Gasteiger partial charge < -0.3 is 5.11 Å². The smallest absolute Gasteiger partial charge is 0.126 e. The van der Waals surface area contributed by atoms with Crippen molar-refractivity contribution in [3.63, 3.8) is 0 Å². The van der Waals surface area contributed by atoms with Gasteiger partial charge >= 0.3 is 0 Å². The predicted octanol–water partition coefficient (Wildman–Crippen LogP) is 2.62. The fourth-order valence-corrected chi connectivity index (χ4v) is 1.27. The first-order chi connectivity index (χ1) is 6.02. The summed E-state index contributed by atoms with van der Waals surface area (Å²) < 4.78 is 13.3. The molecule has 0 saturated carbocycles. The highest BCUT2D eigenvalue weighted by Gasteiger charge is 2.15. The van der Waals surface area contributed by atoms with Gasteiger partial charge in [-0.25, -0.2) is 4.39 Å². The highest BCUT2D eigenvalue weighted by Crippen LogP contribution is 2.22. The van der Waals surface area contributed by atoms with E-state index >= 15 is 0 Å². The van der Waals surface area contributed by atoms with Crippen molar-refractivity contribution < 1.29 is 9.50 Å². The summed E-state index contributed by atoms with van der Waals surface area (Å²) in [5.74, 6) is -0.390. The van der Waals surface area contributed by atoms with Gasteiger partial charge in [-0.15, -0.1) is 0 Å². The van der Waals surface area contributed by atoms with Crippen molar-refractivity contribution >= 4 is 0 Å². The summed E-state index contributed by atoms with van der Waals surface area (Å²) in [6, 6.07) is 4.96. The lowest BCUT2D eigenvalue weighted by Gasteiger charge is -2.16. The molecule has 0 amide bonds. The average Bonchev–Trinajstić information content (AvgIpc) is 2.08. The Kier molecular flexibility index (Phi) is 3.04. The second-order valence-electron chi connectivity index (χ2n) is 3.55. The molecule has 0 radical (unpaired) electrons. The van der Waals surface area contributed by atoms with Crippen molar-refractivity contribution in [1.82, 2.24) is 0 Å². The summed E-state index contributed by atoms with van der Waals surface area (Å²) in [5.41, 5.74) is 1.61. The third-order valence-electron chi connectivity index (χ3n) is 2.37. The van der Waals surface area contributed by atoms with Crippen LogP contribution in [0.25, 0.3) is 0 Å². The maximum atomic E-state index is 13.3. The molecule has 72 valence electrons. The van der Waals surface area contributed by atoms with Crippen LogP contribution in [0.2, 0.25) is 0 Å². The van der Waals surface area contributed by atoms with Crippen LogP contribution >= 0.6 is 0 Å². The van der Waals surface area contributed by atoms with Gasteiger partial charge in [-0.1, -0.05) is 24.6 Å². The fourth-order valence-electron chi connectivity index (χ4n) is 1.27. The lowest BCUT2D eigenvalue weighted by atomic mass is 9.94. The van der Waals surface area contributed by atoms with E-state index in [4.69, 9.17) is 0 Å². The number of aliphatic hydroxyl groups is 1. The Morgan fingerprint density at radius 2 is 1.92 bits per heavy atom. The maximum Gasteiger partial charge on any atom is 0.126 e. The van der Waals surface area contributed by atoms with Crippen LogP contribution in [0.4, 0.5) is 4.39 Å². The van der Waals surface area contributed by atoms with Crippen molar-refractivity contribution in [1.29, 1.82) is 0 Å². The van der Waals surface area contributed by atoms with E-state index in [1.807, 2.05) is 13.8 Å². The first kappa shape index (κ1) is 10.2. The second-order valence-corrected chi connectivity index (χ2v) is 3.55. The zero-order chi connectivity index (χ0) is 10.0. The van der Waals surface area contributed by atoms with Gasteiger partial charge in [0.25, 0.3) is 0 Å². The summed E-state index contributed by atoms with van der Waals surface area (Å²) in [6.45, 7) is 5.41. The van der Waals surface area contributed by atoms with Crippen molar-refractivity contribution in [3.05, 3.63) is 35.1 Å². The number of aryl methyl sites for hydroxylation is 1. The third kappa shape index (κ3) is 2.28. The van der Waals surface area contributed by atoms with Crippen LogP contribution in [0.15, 0.2) is 18.2 Å². The molecule has 13 heavy (non-hydrogen) atoms. The molecular formula is C11H15FO. The molecule has 2 atom stereocenters. The summed E-state index contributed by atoms with van der Waals surface area (Å²) in [6.07, 6.45) is -0.517. The molecule has 0 fully saturated rings. The first-order valence-electron chi connectivity index (χ1n) is 4.46. The summed E-state index contributed by atoms with van der Waals surface area (Å²) in [4.78, 5) is 0. The molecule has 1 nitrogen and oxygen atoms in total. The Balaban J connectivity index is 3.05. The van der Waals surface area contributed by atoms with E-state index < -0.39 is 6.10 Å². The van der Waals surface area contributed by atoms with Crippen LogP contribution in [0.5, 0.6) is 0 Å². The molecule has 0 saturated heterocycles. The minimum absolute atomic E-state index is 0.153. The summed E-state index contributed by atoms with van der Waals surface area (Å²) >= 11 is 0. The maximum absolute atomic E-state index is 13.3. The SMILES string of the molecule is Cc1ccc(F)c(C(C)C(C)O)c1. The zero-order valence-corrected chi connectivity index (χ0v) is 8.21. The van der Waals surface area contributed by atoms with Gasteiger partial charge in [0.2, 0.25) is 0 Å². The van der Waals surface area contributed by atoms with Gasteiger partial charge in [-0.2, -0.15) is 0 Å². The van der Waals surface area contributed by atoms with E-state index in [1.54, 1.807) is 19.1 Å². The monoisotopic (exact) mass is 182 g/mol. The van der Waals surface area contributed by atoms with Gasteiger partial charge in [-0.3, -0.25) is 0 Å². The molecule has 1 aromatic rings. The van der Waals surface area contributed by atoms with Gasteiger partial charge in [0.1, 0.15) is 5.82 Å². The fraction of sp³-hybridized carbons (Fsp3) is 0.455. The van der Waals surface area contributed by atoms with Crippen LogP contribution in [0, 0.1) is 12.7 Å². The zero-order valence-electron chi connectivity index (χ0n) is 8.21. The van der Waals surface area contributed by atoms with Gasteiger partial charge in [0, 0.05) is 5.92 Å².